The van der Waals surface area contributed by atoms with Crippen molar-refractivity contribution in [1.29, 1.82) is 5.41 Å². The van der Waals surface area contributed by atoms with Gasteiger partial charge in [0.15, 0.2) is 0 Å². The number of rotatable bonds is 2. The van der Waals surface area contributed by atoms with E-state index in [-0.39, 0.29) is 11.7 Å². The van der Waals surface area contributed by atoms with Crippen LogP contribution >= 0.6 is 0 Å². The van der Waals surface area contributed by atoms with Crippen molar-refractivity contribution in [3.05, 3.63) is 34.9 Å². The number of nitrogens with one attached hydrogen (secondary N) is 1. The van der Waals surface area contributed by atoms with E-state index in [1.165, 1.54) is 0 Å². The molecule has 1 aliphatic heterocycles. The summed E-state index contributed by atoms with van der Waals surface area (Å²) in [5, 5.41) is 7.20. The minimum Gasteiger partial charge on any atom is -0.387 e. The third kappa shape index (κ3) is 1.70. The second-order valence-corrected chi connectivity index (χ2v) is 3.85. The van der Waals surface area contributed by atoms with Crippen molar-refractivity contribution in [3.8, 4) is 0 Å². The second kappa shape index (κ2) is 3.38. The number of fused-ring (bicyclic) bond motifs is 1. The van der Waals surface area contributed by atoms with Crippen molar-refractivity contribution in [2.75, 3.05) is 7.05 Å². The van der Waals surface area contributed by atoms with Gasteiger partial charge in [-0.15, -0.1) is 0 Å². The highest BCUT2D eigenvalue weighted by Crippen LogP contribution is 2.22. The number of amides is 1. The van der Waals surface area contributed by atoms with Gasteiger partial charge in [-0.25, -0.2) is 0 Å². The van der Waals surface area contributed by atoms with Crippen molar-refractivity contribution in [3.63, 3.8) is 0 Å². The van der Waals surface area contributed by atoms with Crippen molar-refractivity contribution < 1.29 is 4.79 Å². The van der Waals surface area contributed by atoms with Gasteiger partial charge >= 0.3 is 0 Å². The molecule has 0 unspecified atom stereocenters. The van der Waals surface area contributed by atoms with Gasteiger partial charge in [0, 0.05) is 25.6 Å². The molecule has 0 aromatic heterocycles. The Bertz CT molecular complexity index is 439. The highest BCUT2D eigenvalue weighted by atomic mass is 16.2. The molecule has 0 saturated heterocycles. The zero-order valence-corrected chi connectivity index (χ0v) is 8.58. The minimum absolute atomic E-state index is 0.0513. The maximum atomic E-state index is 11.7. The molecule has 78 valence electrons. The molecule has 4 heteroatoms. The average Bonchev–Trinajstić information content (AvgIpc) is 2.43. The van der Waals surface area contributed by atoms with Crippen molar-refractivity contribution in [2.45, 2.75) is 13.0 Å². The molecule has 2 rings (SSSR count). The fraction of sp³-hybridized carbons (Fsp3) is 0.273. The van der Waals surface area contributed by atoms with Crippen LogP contribution in [0.25, 0.3) is 0 Å². The number of benzene rings is 1. The highest BCUT2D eigenvalue weighted by molar-refractivity contribution is 5.98. The molecule has 0 radical (unpaired) electrons. The molecule has 1 heterocycles. The summed E-state index contributed by atoms with van der Waals surface area (Å²) in [5.74, 6) is 0.171. The van der Waals surface area contributed by atoms with Crippen molar-refractivity contribution in [1.82, 2.24) is 4.90 Å². The molecule has 0 saturated carbocycles. The first kappa shape index (κ1) is 9.71. The third-order valence-electron chi connectivity index (χ3n) is 2.55. The Morgan fingerprint density at radius 1 is 1.60 bits per heavy atom. The lowest BCUT2D eigenvalue weighted by atomic mass is 10.0. The molecule has 0 aliphatic carbocycles. The highest BCUT2D eigenvalue weighted by Gasteiger charge is 2.24. The number of amidine groups is 1. The van der Waals surface area contributed by atoms with E-state index in [1.54, 1.807) is 11.9 Å². The standard InChI is InChI=1S/C11H13N3O/c1-14-6-8-3-2-7(5-10(12)13)4-9(8)11(14)15/h2-4H,5-6H2,1H3,(H3,12,13). The van der Waals surface area contributed by atoms with Gasteiger partial charge in [-0.1, -0.05) is 12.1 Å². The van der Waals surface area contributed by atoms with E-state index in [0.29, 0.717) is 13.0 Å². The van der Waals surface area contributed by atoms with Crippen LogP contribution in [0.3, 0.4) is 0 Å². The van der Waals surface area contributed by atoms with Crippen LogP contribution in [0.5, 0.6) is 0 Å². The molecule has 1 aliphatic rings. The van der Waals surface area contributed by atoms with Crippen LogP contribution in [0.15, 0.2) is 18.2 Å². The van der Waals surface area contributed by atoms with E-state index in [4.69, 9.17) is 11.1 Å². The van der Waals surface area contributed by atoms with Gasteiger partial charge in [-0.2, -0.15) is 0 Å². The molecule has 0 atom stereocenters. The summed E-state index contributed by atoms with van der Waals surface area (Å²) < 4.78 is 0. The van der Waals surface area contributed by atoms with E-state index < -0.39 is 0 Å². The number of carbonyl (C=O) groups excluding carboxylic acids is 1. The van der Waals surface area contributed by atoms with Crippen LogP contribution < -0.4 is 5.73 Å². The number of nitrogens with two attached hydrogens (primary N) is 1. The number of carbonyl (C=O) groups is 1. The molecular formula is C11H13N3O. The second-order valence-electron chi connectivity index (χ2n) is 3.85. The van der Waals surface area contributed by atoms with Gasteiger partial charge in [0.1, 0.15) is 0 Å². The third-order valence-corrected chi connectivity index (χ3v) is 2.55. The SMILES string of the molecule is CN1Cc2ccc(CC(=N)N)cc2C1=O. The summed E-state index contributed by atoms with van der Waals surface area (Å²) in [6.07, 6.45) is 0.407. The number of nitrogens with zero attached hydrogens (tertiary/aromatic N) is 1. The first-order valence-corrected chi connectivity index (χ1v) is 4.78. The molecule has 1 aromatic rings. The Hall–Kier alpha value is -1.84. The van der Waals surface area contributed by atoms with Gasteiger partial charge in [-0.05, 0) is 17.2 Å². The Labute approximate surface area is 88.2 Å². The lowest BCUT2D eigenvalue weighted by Crippen LogP contribution is -2.17. The first-order valence-electron chi connectivity index (χ1n) is 4.78. The largest absolute Gasteiger partial charge is 0.387 e. The van der Waals surface area contributed by atoms with Gasteiger partial charge in [0.25, 0.3) is 5.91 Å². The Morgan fingerprint density at radius 2 is 2.33 bits per heavy atom. The molecule has 15 heavy (non-hydrogen) atoms. The monoisotopic (exact) mass is 203 g/mol. The molecule has 4 nitrogen and oxygen atoms in total. The molecule has 1 amide bonds. The summed E-state index contributed by atoms with van der Waals surface area (Å²) in [4.78, 5) is 13.4. The molecule has 1 aromatic carbocycles. The zero-order chi connectivity index (χ0) is 11.0. The fourth-order valence-electron chi connectivity index (χ4n) is 1.82. The van der Waals surface area contributed by atoms with Gasteiger partial charge in [0.2, 0.25) is 0 Å². The summed E-state index contributed by atoms with van der Waals surface area (Å²) in [6, 6.07) is 5.70. The van der Waals surface area contributed by atoms with E-state index in [1.807, 2.05) is 18.2 Å². The van der Waals surface area contributed by atoms with Crippen LogP contribution in [-0.4, -0.2) is 23.7 Å². The number of hydrogen-bond acceptors (Lipinski definition) is 2. The fourth-order valence-corrected chi connectivity index (χ4v) is 1.82. The predicted octanol–water partition coefficient (Wildman–Crippen LogP) is 0.751. The number of hydrogen-bond donors (Lipinski definition) is 2. The topological polar surface area (TPSA) is 70.2 Å². The van der Waals surface area contributed by atoms with E-state index in [9.17, 15) is 4.79 Å². The summed E-state index contributed by atoms with van der Waals surface area (Å²) in [5.41, 5.74) is 8.04. The molecule has 0 spiro atoms. The van der Waals surface area contributed by atoms with Gasteiger partial charge in [0.05, 0.1) is 5.84 Å². The van der Waals surface area contributed by atoms with Crippen LogP contribution in [0.1, 0.15) is 21.5 Å². The van der Waals surface area contributed by atoms with Crippen LogP contribution in [0.4, 0.5) is 0 Å². The van der Waals surface area contributed by atoms with E-state index in [2.05, 4.69) is 0 Å². The average molecular weight is 203 g/mol. The summed E-state index contributed by atoms with van der Waals surface area (Å²) >= 11 is 0. The minimum atomic E-state index is 0.0513. The normalized spacial score (nSPS) is 14.2. The molecule has 0 bridgehead atoms. The van der Waals surface area contributed by atoms with E-state index >= 15 is 0 Å². The van der Waals surface area contributed by atoms with E-state index in [0.717, 1.165) is 16.7 Å². The Balaban J connectivity index is 2.35. The Morgan fingerprint density at radius 3 is 3.00 bits per heavy atom. The van der Waals surface area contributed by atoms with Crippen LogP contribution in [-0.2, 0) is 13.0 Å². The molecular weight excluding hydrogens is 190 g/mol. The van der Waals surface area contributed by atoms with Crippen molar-refractivity contribution >= 4 is 11.7 Å². The lowest BCUT2D eigenvalue weighted by Gasteiger charge is -2.04. The quantitative estimate of drug-likeness (QED) is 0.550. The molecule has 3 N–H and O–H groups in total. The smallest absolute Gasteiger partial charge is 0.254 e. The van der Waals surface area contributed by atoms with Gasteiger partial charge in [-0.3, -0.25) is 10.2 Å². The maximum Gasteiger partial charge on any atom is 0.254 e. The summed E-state index contributed by atoms with van der Waals surface area (Å²) in [6.45, 7) is 0.675. The lowest BCUT2D eigenvalue weighted by molar-refractivity contribution is 0.0816. The summed E-state index contributed by atoms with van der Waals surface area (Å²) in [7, 11) is 1.78. The first-order chi connectivity index (χ1) is 7.08. The van der Waals surface area contributed by atoms with Crippen LogP contribution in [0, 0.1) is 5.41 Å². The predicted molar refractivity (Wildman–Crippen MR) is 57.9 cm³/mol. The Kier molecular flexibility index (Phi) is 2.19. The van der Waals surface area contributed by atoms with Crippen LogP contribution in [0.2, 0.25) is 0 Å². The maximum absolute atomic E-state index is 11.7. The van der Waals surface area contributed by atoms with Crippen molar-refractivity contribution in [2.24, 2.45) is 5.73 Å². The zero-order valence-electron chi connectivity index (χ0n) is 8.58. The van der Waals surface area contributed by atoms with Gasteiger partial charge < -0.3 is 10.6 Å². The molecule has 0 fully saturated rings.